The highest BCUT2D eigenvalue weighted by molar-refractivity contribution is 5.83. The van der Waals surface area contributed by atoms with Crippen LogP contribution in [0.3, 0.4) is 0 Å². The Morgan fingerprint density at radius 3 is 2.34 bits per heavy atom. The standard InChI is InChI=1S/C32H43N3O6/c1-20(36)34-25-15-13-21-18-28(39-2)31(40-3)32(41-4)30(21)23-14-16-26(27(37)19-24(23)25)33-17-9-5-6-12-29(38)35-22-10-7-8-11-22/h14,16,18-19,22,25H,5-13,15,17H2,1-4H3,(H,33,37)(H,34,36)(H,35,38)/t25-/m0/s1. The number of anilines is 1. The van der Waals surface area contributed by atoms with Crippen LogP contribution in [0.1, 0.15) is 81.9 Å². The molecule has 2 aromatic carbocycles. The van der Waals surface area contributed by atoms with E-state index in [1.807, 2.05) is 12.1 Å². The molecule has 1 fully saturated rings. The molecule has 2 aromatic rings. The fourth-order valence-electron chi connectivity index (χ4n) is 6.03. The molecule has 2 aliphatic rings. The lowest BCUT2D eigenvalue weighted by Crippen LogP contribution is -2.32. The van der Waals surface area contributed by atoms with Crippen molar-refractivity contribution in [3.05, 3.63) is 45.6 Å². The number of ether oxygens (including phenoxy) is 3. The number of hydrogen-bond acceptors (Lipinski definition) is 7. The lowest BCUT2D eigenvalue weighted by Gasteiger charge is -2.19. The second-order valence-corrected chi connectivity index (χ2v) is 10.9. The molecule has 0 spiro atoms. The Hall–Kier alpha value is -3.75. The number of hydrogen-bond donors (Lipinski definition) is 3. The summed E-state index contributed by atoms with van der Waals surface area (Å²) in [6.45, 7) is 2.10. The Labute approximate surface area is 242 Å². The van der Waals surface area contributed by atoms with Crippen molar-refractivity contribution < 1.29 is 23.8 Å². The van der Waals surface area contributed by atoms with Crippen molar-refractivity contribution in [2.45, 2.75) is 83.2 Å². The van der Waals surface area contributed by atoms with Gasteiger partial charge in [0.05, 0.1) is 33.1 Å². The van der Waals surface area contributed by atoms with Gasteiger partial charge in [-0.25, -0.2) is 0 Å². The minimum Gasteiger partial charge on any atom is -0.493 e. The quantitative estimate of drug-likeness (QED) is 0.314. The van der Waals surface area contributed by atoms with Crippen LogP contribution in [-0.2, 0) is 16.0 Å². The van der Waals surface area contributed by atoms with E-state index in [9.17, 15) is 14.4 Å². The number of amides is 2. The summed E-state index contributed by atoms with van der Waals surface area (Å²) < 4.78 is 17.1. The van der Waals surface area contributed by atoms with E-state index in [1.54, 1.807) is 33.5 Å². The summed E-state index contributed by atoms with van der Waals surface area (Å²) in [6.07, 6.45) is 8.95. The molecule has 9 heteroatoms. The van der Waals surface area contributed by atoms with Gasteiger partial charge in [-0.1, -0.05) is 25.3 Å². The second-order valence-electron chi connectivity index (χ2n) is 10.9. The number of benzene rings is 1. The van der Waals surface area contributed by atoms with Gasteiger partial charge in [0.15, 0.2) is 11.5 Å². The predicted octanol–water partition coefficient (Wildman–Crippen LogP) is 4.89. The first-order chi connectivity index (χ1) is 19.9. The van der Waals surface area contributed by atoms with E-state index >= 15 is 0 Å². The minimum absolute atomic E-state index is 0.141. The Morgan fingerprint density at radius 2 is 1.66 bits per heavy atom. The topological polar surface area (TPSA) is 115 Å². The molecule has 4 rings (SSSR count). The molecular weight excluding hydrogens is 522 g/mol. The Kier molecular flexibility index (Phi) is 10.5. The Bertz CT molecular complexity index is 1310. The first kappa shape index (κ1) is 30.2. The third kappa shape index (κ3) is 7.31. The number of methoxy groups -OCH3 is 3. The SMILES string of the molecule is COc1cc2c(c(OC)c1OC)-c1ccc(NCCCCCC(=O)NC3CCCC3)c(=O)cc1[C@@H](NC(C)=O)CC2. The van der Waals surface area contributed by atoms with Crippen LogP contribution in [-0.4, -0.2) is 45.7 Å². The molecule has 0 heterocycles. The maximum Gasteiger partial charge on any atom is 0.220 e. The average Bonchev–Trinajstić information content (AvgIpc) is 3.35. The summed E-state index contributed by atoms with van der Waals surface area (Å²) in [5.74, 6) is 1.54. The minimum atomic E-state index is -0.347. The van der Waals surface area contributed by atoms with Crippen molar-refractivity contribution >= 4 is 17.5 Å². The Morgan fingerprint density at radius 1 is 0.902 bits per heavy atom. The molecule has 0 aliphatic heterocycles. The van der Waals surface area contributed by atoms with Crippen LogP contribution in [0.15, 0.2) is 29.1 Å². The summed E-state index contributed by atoms with van der Waals surface area (Å²) in [4.78, 5) is 37.7. The van der Waals surface area contributed by atoms with E-state index in [0.717, 1.165) is 54.4 Å². The van der Waals surface area contributed by atoms with E-state index < -0.39 is 0 Å². The maximum absolute atomic E-state index is 13.4. The third-order valence-electron chi connectivity index (χ3n) is 8.03. The molecule has 41 heavy (non-hydrogen) atoms. The van der Waals surface area contributed by atoms with Crippen molar-refractivity contribution in [2.75, 3.05) is 33.2 Å². The molecule has 0 saturated heterocycles. The molecule has 222 valence electrons. The van der Waals surface area contributed by atoms with E-state index in [2.05, 4.69) is 16.0 Å². The van der Waals surface area contributed by atoms with Gasteiger partial charge in [0.1, 0.15) is 0 Å². The first-order valence-electron chi connectivity index (χ1n) is 14.7. The largest absolute Gasteiger partial charge is 0.493 e. The van der Waals surface area contributed by atoms with Gasteiger partial charge in [-0.3, -0.25) is 14.4 Å². The summed E-state index contributed by atoms with van der Waals surface area (Å²) in [5.41, 5.74) is 3.67. The number of unbranched alkanes of at least 4 members (excludes halogenated alkanes) is 2. The molecule has 1 saturated carbocycles. The van der Waals surface area contributed by atoms with E-state index in [4.69, 9.17) is 14.2 Å². The van der Waals surface area contributed by atoms with Gasteiger partial charge in [-0.05, 0) is 73.4 Å². The van der Waals surface area contributed by atoms with Gasteiger partial charge in [0, 0.05) is 31.5 Å². The third-order valence-corrected chi connectivity index (χ3v) is 8.03. The zero-order valence-corrected chi connectivity index (χ0v) is 24.7. The molecule has 0 bridgehead atoms. The van der Waals surface area contributed by atoms with Gasteiger partial charge < -0.3 is 30.2 Å². The molecule has 0 unspecified atom stereocenters. The first-order valence-corrected chi connectivity index (χ1v) is 14.7. The van der Waals surface area contributed by atoms with Crippen LogP contribution in [0, 0.1) is 0 Å². The molecule has 0 aromatic heterocycles. The smallest absolute Gasteiger partial charge is 0.220 e. The molecule has 2 aliphatic carbocycles. The Balaban J connectivity index is 1.54. The van der Waals surface area contributed by atoms with Crippen molar-refractivity contribution in [3.63, 3.8) is 0 Å². The highest BCUT2D eigenvalue weighted by Crippen LogP contribution is 2.50. The number of fused-ring (bicyclic) bond motifs is 3. The van der Waals surface area contributed by atoms with Crippen molar-refractivity contribution in [3.8, 4) is 28.4 Å². The van der Waals surface area contributed by atoms with Crippen LogP contribution in [0.4, 0.5) is 5.69 Å². The van der Waals surface area contributed by atoms with Crippen molar-refractivity contribution in [2.24, 2.45) is 0 Å². The fraction of sp³-hybridized carbons (Fsp3) is 0.531. The van der Waals surface area contributed by atoms with E-state index in [0.29, 0.717) is 54.8 Å². The summed E-state index contributed by atoms with van der Waals surface area (Å²) in [7, 11) is 4.73. The lowest BCUT2D eigenvalue weighted by atomic mass is 9.95. The monoisotopic (exact) mass is 565 g/mol. The van der Waals surface area contributed by atoms with Crippen LogP contribution >= 0.6 is 0 Å². The van der Waals surface area contributed by atoms with Crippen molar-refractivity contribution in [1.82, 2.24) is 10.6 Å². The molecule has 2 amide bonds. The second kappa shape index (κ2) is 14.2. The van der Waals surface area contributed by atoms with Crippen molar-refractivity contribution in [1.29, 1.82) is 0 Å². The highest BCUT2D eigenvalue weighted by Gasteiger charge is 2.29. The fourth-order valence-corrected chi connectivity index (χ4v) is 6.03. The number of rotatable bonds is 12. The average molecular weight is 566 g/mol. The van der Waals surface area contributed by atoms with Crippen LogP contribution in [0.5, 0.6) is 17.2 Å². The normalized spacial score (nSPS) is 16.1. The van der Waals surface area contributed by atoms with Crippen LogP contribution in [0.2, 0.25) is 0 Å². The molecule has 1 atom stereocenters. The highest BCUT2D eigenvalue weighted by atomic mass is 16.5. The molecule has 3 N–H and O–H groups in total. The zero-order valence-electron chi connectivity index (χ0n) is 24.7. The molecular formula is C32H43N3O6. The van der Waals surface area contributed by atoms with Crippen LogP contribution in [0.25, 0.3) is 11.1 Å². The van der Waals surface area contributed by atoms with E-state index in [-0.39, 0.29) is 23.3 Å². The van der Waals surface area contributed by atoms with Gasteiger partial charge in [-0.15, -0.1) is 0 Å². The van der Waals surface area contributed by atoms with E-state index in [1.165, 1.54) is 19.8 Å². The van der Waals surface area contributed by atoms with Gasteiger partial charge in [0.25, 0.3) is 0 Å². The number of carbonyl (C=O) groups is 2. The van der Waals surface area contributed by atoms with Gasteiger partial charge >= 0.3 is 0 Å². The number of aryl methyl sites for hydroxylation is 1. The number of carbonyl (C=O) groups excluding carboxylic acids is 2. The number of nitrogens with one attached hydrogen (secondary N) is 3. The summed E-state index contributed by atoms with van der Waals surface area (Å²) in [6, 6.07) is 7.28. The maximum atomic E-state index is 13.4. The predicted molar refractivity (Wildman–Crippen MR) is 160 cm³/mol. The molecule has 0 radical (unpaired) electrons. The summed E-state index contributed by atoms with van der Waals surface area (Å²) in [5, 5.41) is 9.46. The lowest BCUT2D eigenvalue weighted by molar-refractivity contribution is -0.122. The molecule has 9 nitrogen and oxygen atoms in total. The zero-order chi connectivity index (χ0) is 29.4. The van der Waals surface area contributed by atoms with Gasteiger partial charge in [0.2, 0.25) is 23.0 Å². The van der Waals surface area contributed by atoms with Crippen LogP contribution < -0.4 is 35.6 Å². The van der Waals surface area contributed by atoms with Gasteiger partial charge in [-0.2, -0.15) is 0 Å². The summed E-state index contributed by atoms with van der Waals surface area (Å²) >= 11 is 0.